The number of aromatic nitrogens is 2. The van der Waals surface area contributed by atoms with Crippen LogP contribution < -0.4 is 5.32 Å². The highest BCUT2D eigenvalue weighted by Crippen LogP contribution is 2.29. The maximum atomic E-state index is 12.1. The van der Waals surface area contributed by atoms with Gasteiger partial charge in [-0.05, 0) is 19.8 Å². The fourth-order valence-corrected chi connectivity index (χ4v) is 3.69. The van der Waals surface area contributed by atoms with Gasteiger partial charge in [-0.1, -0.05) is 23.1 Å². The van der Waals surface area contributed by atoms with Crippen molar-refractivity contribution in [3.63, 3.8) is 0 Å². The Labute approximate surface area is 109 Å². The van der Waals surface area contributed by atoms with Crippen molar-refractivity contribution >= 4 is 34.1 Å². The third kappa shape index (κ3) is 3.10. The topological polar surface area (TPSA) is 58.1 Å². The first-order valence-corrected chi connectivity index (χ1v) is 7.37. The Kier molecular flexibility index (Phi) is 4.22. The second kappa shape index (κ2) is 5.68. The fraction of sp³-hybridized carbons (Fsp3) is 0.700. The molecule has 1 aliphatic rings. The number of nitrogens with zero attached hydrogens (tertiary/aromatic N) is 3. The molecule has 1 aromatic rings. The molecule has 94 valence electrons. The molecular formula is C10H16N4OS2. The van der Waals surface area contributed by atoms with Crippen LogP contribution in [0.5, 0.6) is 0 Å². The van der Waals surface area contributed by atoms with Crippen LogP contribution in [0.1, 0.15) is 19.8 Å². The number of hydrogen-bond donors (Lipinski definition) is 1. The zero-order valence-electron chi connectivity index (χ0n) is 9.97. The molecule has 5 nitrogen and oxygen atoms in total. The minimum absolute atomic E-state index is 0.0780. The van der Waals surface area contributed by atoms with E-state index in [0.29, 0.717) is 0 Å². The van der Waals surface area contributed by atoms with Crippen LogP contribution in [0.4, 0.5) is 5.13 Å². The summed E-state index contributed by atoms with van der Waals surface area (Å²) in [6, 6.07) is 0. The molecule has 7 heteroatoms. The van der Waals surface area contributed by atoms with Crippen molar-refractivity contribution in [2.24, 2.45) is 0 Å². The second-order valence-electron chi connectivity index (χ2n) is 3.92. The van der Waals surface area contributed by atoms with E-state index in [4.69, 9.17) is 0 Å². The largest absolute Gasteiger partial charge is 0.363 e. The first-order valence-electron chi connectivity index (χ1n) is 5.67. The molecule has 0 unspecified atom stereocenters. The molecule has 0 spiro atoms. The summed E-state index contributed by atoms with van der Waals surface area (Å²) in [5.41, 5.74) is 0. The zero-order chi connectivity index (χ0) is 12.3. The summed E-state index contributed by atoms with van der Waals surface area (Å²) < 4.78 is 0.842. The van der Waals surface area contributed by atoms with E-state index >= 15 is 0 Å². The van der Waals surface area contributed by atoms with Crippen LogP contribution >= 0.6 is 23.1 Å². The van der Waals surface area contributed by atoms with Gasteiger partial charge in [0.1, 0.15) is 0 Å². The Morgan fingerprint density at radius 2 is 2.18 bits per heavy atom. The van der Waals surface area contributed by atoms with Crippen LogP contribution in [0, 0.1) is 0 Å². The maximum Gasteiger partial charge on any atom is 0.235 e. The summed E-state index contributed by atoms with van der Waals surface area (Å²) in [4.78, 5) is 14.0. The molecule has 1 amide bonds. The average Bonchev–Trinajstić information content (AvgIpc) is 2.98. The summed E-state index contributed by atoms with van der Waals surface area (Å²) in [5, 5.41) is 11.6. The lowest BCUT2D eigenvalue weighted by molar-refractivity contribution is -0.129. The van der Waals surface area contributed by atoms with Gasteiger partial charge >= 0.3 is 0 Å². The number of carbonyl (C=O) groups is 1. The summed E-state index contributed by atoms with van der Waals surface area (Å²) in [6.45, 7) is 3.75. The first kappa shape index (κ1) is 12.6. The Bertz CT molecular complexity index is 389. The highest BCUT2D eigenvalue weighted by atomic mass is 32.2. The van der Waals surface area contributed by atoms with E-state index in [2.05, 4.69) is 15.5 Å². The number of hydrogen-bond acceptors (Lipinski definition) is 6. The van der Waals surface area contributed by atoms with Gasteiger partial charge in [-0.25, -0.2) is 0 Å². The summed E-state index contributed by atoms with van der Waals surface area (Å²) in [5.74, 6) is 0.216. The van der Waals surface area contributed by atoms with Gasteiger partial charge < -0.3 is 10.2 Å². The normalized spacial score (nSPS) is 17.2. The fourth-order valence-electron chi connectivity index (χ4n) is 1.75. The predicted molar refractivity (Wildman–Crippen MR) is 70.6 cm³/mol. The number of amides is 1. The van der Waals surface area contributed by atoms with Crippen molar-refractivity contribution in [1.29, 1.82) is 0 Å². The number of rotatable bonds is 4. The predicted octanol–water partition coefficient (Wildman–Crippen LogP) is 1.68. The van der Waals surface area contributed by atoms with Gasteiger partial charge in [0.2, 0.25) is 11.0 Å². The molecule has 0 radical (unpaired) electrons. The van der Waals surface area contributed by atoms with Crippen LogP contribution in [0.2, 0.25) is 0 Å². The Morgan fingerprint density at radius 3 is 2.76 bits per heavy atom. The second-order valence-corrected chi connectivity index (χ2v) is 6.48. The molecule has 0 aromatic carbocycles. The molecule has 1 atom stereocenters. The van der Waals surface area contributed by atoms with Crippen molar-refractivity contribution in [3.8, 4) is 0 Å². The number of likely N-dealkylation sites (tertiary alicyclic amines) is 1. The molecule has 1 fully saturated rings. The van der Waals surface area contributed by atoms with E-state index in [0.717, 1.165) is 35.4 Å². The van der Waals surface area contributed by atoms with E-state index in [1.807, 2.05) is 18.9 Å². The molecule has 17 heavy (non-hydrogen) atoms. The number of anilines is 1. The maximum absolute atomic E-state index is 12.1. The lowest BCUT2D eigenvalue weighted by Gasteiger charge is -2.18. The quantitative estimate of drug-likeness (QED) is 0.845. The van der Waals surface area contributed by atoms with Gasteiger partial charge in [0.25, 0.3) is 0 Å². The third-order valence-corrected chi connectivity index (χ3v) is 4.78. The molecule has 1 aromatic heterocycles. The number of carbonyl (C=O) groups excluding carboxylic acids is 1. The Hall–Kier alpha value is -0.820. The van der Waals surface area contributed by atoms with Gasteiger partial charge in [-0.3, -0.25) is 4.79 Å². The highest BCUT2D eigenvalue weighted by molar-refractivity contribution is 8.02. The average molecular weight is 272 g/mol. The number of thioether (sulfide) groups is 1. The van der Waals surface area contributed by atoms with E-state index in [1.165, 1.54) is 23.1 Å². The van der Waals surface area contributed by atoms with Gasteiger partial charge in [-0.15, -0.1) is 10.2 Å². The smallest absolute Gasteiger partial charge is 0.235 e. The highest BCUT2D eigenvalue weighted by Gasteiger charge is 2.24. The van der Waals surface area contributed by atoms with Gasteiger partial charge in [0.05, 0.1) is 5.25 Å². The van der Waals surface area contributed by atoms with Crippen molar-refractivity contribution in [2.75, 3.05) is 25.5 Å². The first-order chi connectivity index (χ1) is 8.20. The SMILES string of the molecule is CNc1nnc(S[C@@H](C)C(=O)N2CCCC2)s1. The van der Waals surface area contributed by atoms with E-state index < -0.39 is 0 Å². The van der Waals surface area contributed by atoms with Crippen LogP contribution in [0.25, 0.3) is 0 Å². The molecule has 1 aliphatic heterocycles. The van der Waals surface area contributed by atoms with E-state index in [-0.39, 0.29) is 11.2 Å². The van der Waals surface area contributed by atoms with Crippen LogP contribution in [-0.4, -0.2) is 46.4 Å². The van der Waals surface area contributed by atoms with Gasteiger partial charge in [-0.2, -0.15) is 0 Å². The van der Waals surface area contributed by atoms with E-state index in [9.17, 15) is 4.79 Å². The van der Waals surface area contributed by atoms with Crippen LogP contribution in [-0.2, 0) is 4.79 Å². The molecular weight excluding hydrogens is 256 g/mol. The monoisotopic (exact) mass is 272 g/mol. The Morgan fingerprint density at radius 1 is 1.47 bits per heavy atom. The van der Waals surface area contributed by atoms with Gasteiger partial charge in [0.15, 0.2) is 4.34 Å². The minimum Gasteiger partial charge on any atom is -0.363 e. The third-order valence-electron chi connectivity index (χ3n) is 2.66. The van der Waals surface area contributed by atoms with Crippen LogP contribution in [0.3, 0.4) is 0 Å². The zero-order valence-corrected chi connectivity index (χ0v) is 11.6. The molecule has 0 aliphatic carbocycles. The van der Waals surface area contributed by atoms with Gasteiger partial charge in [0, 0.05) is 20.1 Å². The number of nitrogens with one attached hydrogen (secondary N) is 1. The van der Waals surface area contributed by atoms with Crippen molar-refractivity contribution < 1.29 is 4.79 Å². The standard InChI is InChI=1S/C10H16N4OS2/c1-7(8(15)14-5-3-4-6-14)16-10-13-12-9(11-2)17-10/h7H,3-6H2,1-2H3,(H,11,12)/t7-/m0/s1. The molecule has 0 saturated carbocycles. The van der Waals surface area contributed by atoms with Crippen molar-refractivity contribution in [3.05, 3.63) is 0 Å². The summed E-state index contributed by atoms with van der Waals surface area (Å²) in [7, 11) is 1.81. The minimum atomic E-state index is -0.0780. The Balaban J connectivity index is 1.91. The summed E-state index contributed by atoms with van der Waals surface area (Å²) >= 11 is 2.97. The molecule has 2 heterocycles. The lowest BCUT2D eigenvalue weighted by atomic mass is 10.4. The summed E-state index contributed by atoms with van der Waals surface area (Å²) in [6.07, 6.45) is 2.26. The molecule has 1 N–H and O–H groups in total. The van der Waals surface area contributed by atoms with Crippen molar-refractivity contribution in [1.82, 2.24) is 15.1 Å². The van der Waals surface area contributed by atoms with Crippen molar-refractivity contribution in [2.45, 2.75) is 29.4 Å². The molecule has 2 rings (SSSR count). The van der Waals surface area contributed by atoms with Crippen LogP contribution in [0.15, 0.2) is 4.34 Å². The lowest BCUT2D eigenvalue weighted by Crippen LogP contribution is -2.33. The molecule has 0 bridgehead atoms. The molecule has 1 saturated heterocycles. The van der Waals surface area contributed by atoms with E-state index in [1.54, 1.807) is 0 Å².